The lowest BCUT2D eigenvalue weighted by molar-refractivity contribution is -0.870. The Labute approximate surface area is 500 Å². The van der Waals surface area contributed by atoms with Gasteiger partial charge in [0.05, 0.1) is 33.8 Å². The molecule has 0 bridgehead atoms. The Morgan fingerprint density at radius 1 is 0.444 bits per heavy atom. The van der Waals surface area contributed by atoms with Gasteiger partial charge in [0.15, 0.2) is 0 Å². The van der Waals surface area contributed by atoms with Crippen molar-refractivity contribution in [3.8, 4) is 0 Å². The molecule has 0 aliphatic rings. The van der Waals surface area contributed by atoms with Gasteiger partial charge in [-0.3, -0.25) is 18.6 Å². The molecule has 0 aromatic rings. The summed E-state index contributed by atoms with van der Waals surface area (Å²) < 4.78 is 30.8. The van der Waals surface area contributed by atoms with Crippen molar-refractivity contribution < 1.29 is 37.3 Å². The van der Waals surface area contributed by atoms with Gasteiger partial charge in [-0.1, -0.05) is 266 Å². The molecule has 10 heteroatoms. The lowest BCUT2D eigenvalue weighted by Crippen LogP contribution is -2.47. The fourth-order valence-corrected chi connectivity index (χ4v) is 10.1. The van der Waals surface area contributed by atoms with Crippen LogP contribution in [-0.4, -0.2) is 74.3 Å². The van der Waals surface area contributed by atoms with Gasteiger partial charge in [-0.05, 0) is 109 Å². The summed E-state index contributed by atoms with van der Waals surface area (Å²) in [6, 6.07) is -0.859. The van der Waals surface area contributed by atoms with Gasteiger partial charge in [0.1, 0.15) is 19.3 Å². The molecule has 0 rings (SSSR count). The van der Waals surface area contributed by atoms with Crippen molar-refractivity contribution in [3.05, 3.63) is 97.2 Å². The molecule has 0 spiro atoms. The molecule has 0 heterocycles. The maximum absolute atomic E-state index is 13.6. The smallest absolute Gasteiger partial charge is 0.456 e. The number of carbonyl (C=O) groups is 2. The molecule has 0 aromatic heterocycles. The number of phosphoric acid groups is 1. The molecule has 3 atom stereocenters. The Balaban J connectivity index is 5.11. The Kier molecular flexibility index (Phi) is 57.8. The molecule has 468 valence electrons. The van der Waals surface area contributed by atoms with E-state index in [4.69, 9.17) is 13.8 Å². The van der Waals surface area contributed by atoms with Crippen molar-refractivity contribution in [2.45, 2.75) is 303 Å². The molecule has 0 fully saturated rings. The Morgan fingerprint density at radius 3 is 1.21 bits per heavy atom. The van der Waals surface area contributed by atoms with E-state index in [1.807, 2.05) is 33.3 Å². The standard InChI is InChI=1S/C71H127N2O7P/c1-7-10-13-16-19-22-25-27-29-31-33-34-35-36-37-38-40-41-43-45-48-51-54-57-60-63-70(74)72-68(67-79-81(76,77)78-66-65-73(4,5)6)69(62-59-56-53-50-47-24-21-18-15-12-9-3)80-71(75)64-61-58-55-52-49-46-44-42-39-32-30-28-26-23-20-17-14-11-8-2/h10,13,19-20,22-23,27-30,33-34,36-37,59,62,68-69H,7-9,11-12,14-18,21,24-26,31-32,35,38-58,60-61,63-67H2,1-6H3,(H-,72,74,76,77)/p+1/b13-10-,22-19-,23-20-,29-27-,30-28-,34-33-,37-36-,62-59-. The van der Waals surface area contributed by atoms with Gasteiger partial charge in [-0.15, -0.1) is 0 Å². The highest BCUT2D eigenvalue weighted by atomic mass is 31.2. The fourth-order valence-electron chi connectivity index (χ4n) is 9.35. The van der Waals surface area contributed by atoms with E-state index in [0.717, 1.165) is 109 Å². The number of nitrogens with one attached hydrogen (secondary N) is 1. The molecule has 0 aliphatic heterocycles. The number of allylic oxidation sites excluding steroid dienone is 15. The molecule has 2 N–H and O–H groups in total. The number of phosphoric ester groups is 1. The van der Waals surface area contributed by atoms with Crippen molar-refractivity contribution in [2.24, 2.45) is 0 Å². The maximum atomic E-state index is 13.6. The van der Waals surface area contributed by atoms with Gasteiger partial charge < -0.3 is 19.4 Å². The Hall–Kier alpha value is -3.07. The average Bonchev–Trinajstić information content (AvgIpc) is 3.44. The number of nitrogens with zero attached hydrogens (tertiary/aromatic N) is 1. The van der Waals surface area contributed by atoms with Crippen molar-refractivity contribution in [3.63, 3.8) is 0 Å². The first-order valence-electron chi connectivity index (χ1n) is 33.6. The summed E-state index contributed by atoms with van der Waals surface area (Å²) in [7, 11) is 1.48. The van der Waals surface area contributed by atoms with E-state index in [0.29, 0.717) is 17.4 Å². The van der Waals surface area contributed by atoms with Crippen LogP contribution in [0.3, 0.4) is 0 Å². The number of rotatable bonds is 60. The normalized spacial score (nSPS) is 14.2. The van der Waals surface area contributed by atoms with Crippen LogP contribution in [0.15, 0.2) is 97.2 Å². The summed E-state index contributed by atoms with van der Waals surface area (Å²) in [5.41, 5.74) is 0. The second-order valence-corrected chi connectivity index (χ2v) is 25.1. The number of unbranched alkanes of at least 4 members (excludes halogenated alkanes) is 30. The molecular weight excluding hydrogens is 1020 g/mol. The van der Waals surface area contributed by atoms with E-state index in [1.165, 1.54) is 148 Å². The summed E-state index contributed by atoms with van der Waals surface area (Å²) in [5, 5.41) is 3.06. The van der Waals surface area contributed by atoms with E-state index in [9.17, 15) is 19.0 Å². The third kappa shape index (κ3) is 61.3. The molecule has 0 saturated heterocycles. The van der Waals surface area contributed by atoms with E-state index >= 15 is 0 Å². The molecule has 0 aliphatic carbocycles. The van der Waals surface area contributed by atoms with Crippen LogP contribution in [0.4, 0.5) is 0 Å². The van der Waals surface area contributed by atoms with Crippen LogP contribution in [0.2, 0.25) is 0 Å². The second kappa shape index (κ2) is 60.1. The van der Waals surface area contributed by atoms with E-state index < -0.39 is 20.0 Å². The lowest BCUT2D eigenvalue weighted by Gasteiger charge is -2.27. The SMILES string of the molecule is CC/C=C\C/C=C\C/C=C\C/C=C\C/C=C\CCCCCCCCCCCC(=O)NC(COP(=O)(O)OCC[N+](C)(C)C)C(/C=C\CCCCCCCCCCC)OC(=O)CCCCCCCCCCC/C=C\C/C=C\CCCCC. The van der Waals surface area contributed by atoms with Crippen molar-refractivity contribution in [1.29, 1.82) is 0 Å². The first kappa shape index (κ1) is 77.9. The second-order valence-electron chi connectivity index (χ2n) is 23.6. The van der Waals surface area contributed by atoms with Crippen LogP contribution in [0.5, 0.6) is 0 Å². The Bertz CT molecular complexity index is 1710. The van der Waals surface area contributed by atoms with Crippen molar-refractivity contribution in [1.82, 2.24) is 5.32 Å². The highest BCUT2D eigenvalue weighted by molar-refractivity contribution is 7.47. The number of amides is 1. The zero-order chi connectivity index (χ0) is 59.3. The predicted octanol–water partition coefficient (Wildman–Crippen LogP) is 21.1. The van der Waals surface area contributed by atoms with E-state index in [2.05, 4.69) is 111 Å². The lowest BCUT2D eigenvalue weighted by atomic mass is 10.0. The van der Waals surface area contributed by atoms with Crippen LogP contribution in [-0.2, 0) is 27.9 Å². The molecular formula is C71H128N2O7P+. The first-order valence-corrected chi connectivity index (χ1v) is 35.1. The highest BCUT2D eigenvalue weighted by Crippen LogP contribution is 2.43. The third-order valence-electron chi connectivity index (χ3n) is 14.5. The topological polar surface area (TPSA) is 111 Å². The number of quaternary nitrogens is 1. The summed E-state index contributed by atoms with van der Waals surface area (Å²) in [6.07, 6.45) is 81.2. The monoisotopic (exact) mass is 1150 g/mol. The number of likely N-dealkylation sites (N-methyl/N-ethyl adjacent to an activating group) is 1. The minimum atomic E-state index is -4.46. The van der Waals surface area contributed by atoms with Gasteiger partial charge in [-0.2, -0.15) is 0 Å². The summed E-state index contributed by atoms with van der Waals surface area (Å²) >= 11 is 0. The largest absolute Gasteiger partial charge is 0.472 e. The molecule has 1 amide bonds. The van der Waals surface area contributed by atoms with Gasteiger partial charge in [0.2, 0.25) is 5.91 Å². The number of esters is 1. The van der Waals surface area contributed by atoms with E-state index in [-0.39, 0.29) is 31.5 Å². The minimum absolute atomic E-state index is 0.0345. The number of hydrogen-bond donors (Lipinski definition) is 2. The number of carbonyl (C=O) groups excluding carboxylic acids is 2. The van der Waals surface area contributed by atoms with Gasteiger partial charge in [0, 0.05) is 12.8 Å². The molecule has 0 aromatic carbocycles. The summed E-state index contributed by atoms with van der Waals surface area (Å²) in [5.74, 6) is -0.516. The van der Waals surface area contributed by atoms with Gasteiger partial charge in [0.25, 0.3) is 0 Å². The maximum Gasteiger partial charge on any atom is 0.472 e. The number of ether oxygens (including phenoxy) is 1. The van der Waals surface area contributed by atoms with Gasteiger partial charge >= 0.3 is 13.8 Å². The van der Waals surface area contributed by atoms with Crippen LogP contribution in [0.25, 0.3) is 0 Å². The predicted molar refractivity (Wildman–Crippen MR) is 350 cm³/mol. The van der Waals surface area contributed by atoms with Crippen LogP contribution >= 0.6 is 7.82 Å². The zero-order valence-electron chi connectivity index (χ0n) is 53.5. The van der Waals surface area contributed by atoms with Crippen LogP contribution in [0.1, 0.15) is 290 Å². The van der Waals surface area contributed by atoms with Crippen molar-refractivity contribution >= 4 is 19.7 Å². The molecule has 0 radical (unpaired) electrons. The molecule has 0 saturated carbocycles. The quantitative estimate of drug-likeness (QED) is 0.0205. The molecule has 9 nitrogen and oxygen atoms in total. The van der Waals surface area contributed by atoms with Gasteiger partial charge in [-0.25, -0.2) is 4.57 Å². The summed E-state index contributed by atoms with van der Waals surface area (Å²) in [4.78, 5) is 37.8. The molecule has 81 heavy (non-hydrogen) atoms. The fraction of sp³-hybridized carbons (Fsp3) is 0.746. The van der Waals surface area contributed by atoms with Crippen molar-refractivity contribution in [2.75, 3.05) is 40.9 Å². The summed E-state index contributed by atoms with van der Waals surface area (Å²) in [6.45, 7) is 6.87. The average molecular weight is 1150 g/mol. The highest BCUT2D eigenvalue weighted by Gasteiger charge is 2.30. The van der Waals surface area contributed by atoms with Crippen LogP contribution < -0.4 is 5.32 Å². The minimum Gasteiger partial charge on any atom is -0.456 e. The van der Waals surface area contributed by atoms with Crippen LogP contribution in [0, 0.1) is 0 Å². The Morgan fingerprint density at radius 2 is 0.790 bits per heavy atom. The molecule has 3 unspecified atom stereocenters. The first-order chi connectivity index (χ1) is 39.4. The zero-order valence-corrected chi connectivity index (χ0v) is 54.4. The third-order valence-corrected chi connectivity index (χ3v) is 15.5. The number of hydrogen-bond acceptors (Lipinski definition) is 6. The van der Waals surface area contributed by atoms with E-state index in [1.54, 1.807) is 0 Å².